The molecule has 0 radical (unpaired) electrons. The van der Waals surface area contributed by atoms with E-state index in [0.29, 0.717) is 11.9 Å². The highest BCUT2D eigenvalue weighted by Crippen LogP contribution is 2.42. The van der Waals surface area contributed by atoms with Crippen molar-refractivity contribution in [3.8, 4) is 0 Å². The molecular formula is C25H31N3O2SSi. The maximum Gasteiger partial charge on any atom is 0.350 e. The minimum atomic E-state index is -2.55. The van der Waals surface area contributed by atoms with E-state index in [0.717, 1.165) is 12.8 Å². The molecule has 1 aliphatic rings. The summed E-state index contributed by atoms with van der Waals surface area (Å²) in [6, 6.07) is 23.1. The van der Waals surface area contributed by atoms with Gasteiger partial charge < -0.3 is 10.2 Å². The largest absolute Gasteiger partial charge is 0.406 e. The van der Waals surface area contributed by atoms with Crippen LogP contribution in [0.15, 0.2) is 77.7 Å². The SMILES string of the molecule is CC(C)(C)[Si](OC[C@H]1CCC(n2ccc(N)nc2=O)S1)(c1ccccc1)c1ccccc1. The van der Waals surface area contributed by atoms with Crippen LogP contribution in [0.4, 0.5) is 5.82 Å². The fraction of sp³-hybridized carbons (Fsp3) is 0.360. The first-order valence-corrected chi connectivity index (χ1v) is 13.9. The predicted octanol–water partition coefficient (Wildman–Crippen LogP) is 3.80. The van der Waals surface area contributed by atoms with Gasteiger partial charge in [0.25, 0.3) is 8.32 Å². The van der Waals surface area contributed by atoms with Crippen LogP contribution in [0.25, 0.3) is 0 Å². The fourth-order valence-electron chi connectivity index (χ4n) is 4.64. The number of nitrogens with zero attached hydrogens (tertiary/aromatic N) is 2. The average Bonchev–Trinajstić information content (AvgIpc) is 3.23. The van der Waals surface area contributed by atoms with Crippen molar-refractivity contribution in [3.63, 3.8) is 0 Å². The third-order valence-electron chi connectivity index (χ3n) is 6.15. The number of aromatic nitrogens is 2. The van der Waals surface area contributed by atoms with Gasteiger partial charge in [0, 0.05) is 18.1 Å². The number of nitrogens with two attached hydrogens (primary N) is 1. The molecule has 2 atom stereocenters. The molecule has 1 fully saturated rings. The van der Waals surface area contributed by atoms with Crippen LogP contribution in [-0.4, -0.2) is 29.7 Å². The van der Waals surface area contributed by atoms with Crippen LogP contribution < -0.4 is 21.8 Å². The Balaban J connectivity index is 1.61. The Morgan fingerprint density at radius 1 is 1.03 bits per heavy atom. The molecule has 2 N–H and O–H groups in total. The van der Waals surface area contributed by atoms with E-state index in [1.807, 2.05) is 0 Å². The molecule has 32 heavy (non-hydrogen) atoms. The van der Waals surface area contributed by atoms with Crippen molar-refractivity contribution < 1.29 is 4.43 Å². The number of nitrogen functional groups attached to an aromatic ring is 1. The summed E-state index contributed by atoms with van der Waals surface area (Å²) in [5, 5.41) is 2.93. The van der Waals surface area contributed by atoms with Crippen molar-refractivity contribution in [2.45, 2.75) is 49.3 Å². The second kappa shape index (κ2) is 9.25. The van der Waals surface area contributed by atoms with Crippen LogP contribution in [0, 0.1) is 0 Å². The molecule has 4 rings (SSSR count). The summed E-state index contributed by atoms with van der Waals surface area (Å²) in [4.78, 5) is 16.2. The molecule has 0 spiro atoms. The standard InChI is InChI=1S/C25H31N3O2SSi/c1-25(2,3)32(20-10-6-4-7-11-20,21-12-8-5-9-13-21)30-18-19-14-15-23(31-19)28-17-16-22(26)27-24(28)29/h4-13,16-17,19,23H,14-15,18H2,1-3H3,(H2,26,27,29)/t19-,23?/m1/s1. The van der Waals surface area contributed by atoms with E-state index < -0.39 is 8.32 Å². The monoisotopic (exact) mass is 465 g/mol. The summed E-state index contributed by atoms with van der Waals surface area (Å²) < 4.78 is 8.78. The smallest absolute Gasteiger partial charge is 0.350 e. The molecule has 168 valence electrons. The maximum atomic E-state index is 12.3. The van der Waals surface area contributed by atoms with Gasteiger partial charge >= 0.3 is 5.69 Å². The summed E-state index contributed by atoms with van der Waals surface area (Å²) >= 11 is 1.80. The van der Waals surface area contributed by atoms with Crippen molar-refractivity contribution in [1.29, 1.82) is 0 Å². The highest BCUT2D eigenvalue weighted by molar-refractivity contribution is 8.00. The zero-order chi connectivity index (χ0) is 22.8. The van der Waals surface area contributed by atoms with E-state index in [2.05, 4.69) is 86.4 Å². The fourth-order valence-corrected chi connectivity index (χ4v) is 10.8. The van der Waals surface area contributed by atoms with Crippen LogP contribution in [-0.2, 0) is 4.43 Å². The lowest BCUT2D eigenvalue weighted by molar-refractivity contribution is 0.295. The molecule has 1 unspecified atom stereocenters. The number of anilines is 1. The molecule has 2 heterocycles. The van der Waals surface area contributed by atoms with Gasteiger partial charge in [-0.15, -0.1) is 11.8 Å². The van der Waals surface area contributed by atoms with Crippen molar-refractivity contribution in [2.75, 3.05) is 12.3 Å². The molecular weight excluding hydrogens is 434 g/mol. The van der Waals surface area contributed by atoms with Crippen molar-refractivity contribution in [1.82, 2.24) is 9.55 Å². The van der Waals surface area contributed by atoms with Gasteiger partial charge in [0.15, 0.2) is 0 Å². The normalized spacial score (nSPS) is 19.2. The number of rotatable bonds is 6. The summed E-state index contributed by atoms with van der Waals surface area (Å²) in [7, 11) is -2.55. The highest BCUT2D eigenvalue weighted by Gasteiger charge is 2.50. The van der Waals surface area contributed by atoms with Gasteiger partial charge in [0.2, 0.25) is 0 Å². The van der Waals surface area contributed by atoms with Gasteiger partial charge in [0.05, 0.1) is 5.37 Å². The Morgan fingerprint density at radius 2 is 1.62 bits per heavy atom. The van der Waals surface area contributed by atoms with E-state index in [-0.39, 0.29) is 21.9 Å². The van der Waals surface area contributed by atoms with Crippen LogP contribution >= 0.6 is 11.8 Å². The number of thioether (sulfide) groups is 1. The quantitative estimate of drug-likeness (QED) is 0.561. The molecule has 3 aromatic rings. The first kappa shape index (κ1) is 22.8. The Bertz CT molecular complexity index is 1060. The van der Waals surface area contributed by atoms with Crippen molar-refractivity contribution >= 4 is 36.3 Å². The lowest BCUT2D eigenvalue weighted by Crippen LogP contribution is -2.67. The van der Waals surface area contributed by atoms with Gasteiger partial charge in [-0.3, -0.25) is 4.57 Å². The number of hydrogen-bond acceptors (Lipinski definition) is 5. The van der Waals surface area contributed by atoms with Crippen LogP contribution in [0.2, 0.25) is 5.04 Å². The molecule has 5 nitrogen and oxygen atoms in total. The van der Waals surface area contributed by atoms with Crippen molar-refractivity contribution in [2.24, 2.45) is 0 Å². The van der Waals surface area contributed by atoms with Gasteiger partial charge in [-0.25, -0.2) is 4.79 Å². The van der Waals surface area contributed by atoms with Crippen LogP contribution in [0.1, 0.15) is 39.0 Å². The van der Waals surface area contributed by atoms with Gasteiger partial charge in [0.1, 0.15) is 5.82 Å². The first-order valence-electron chi connectivity index (χ1n) is 11.1. The zero-order valence-corrected chi connectivity index (χ0v) is 20.7. The lowest BCUT2D eigenvalue weighted by Gasteiger charge is -2.43. The lowest BCUT2D eigenvalue weighted by atomic mass is 10.2. The molecule has 0 saturated carbocycles. The predicted molar refractivity (Wildman–Crippen MR) is 136 cm³/mol. The highest BCUT2D eigenvalue weighted by atomic mass is 32.2. The Kier molecular flexibility index (Phi) is 6.60. The Hall–Kier alpha value is -2.35. The topological polar surface area (TPSA) is 70.1 Å². The molecule has 0 aliphatic carbocycles. The van der Waals surface area contributed by atoms with Gasteiger partial charge in [-0.1, -0.05) is 81.4 Å². The second-order valence-corrected chi connectivity index (χ2v) is 15.1. The summed E-state index contributed by atoms with van der Waals surface area (Å²) in [5.74, 6) is 0.265. The molecule has 1 saturated heterocycles. The third kappa shape index (κ3) is 4.42. The zero-order valence-electron chi connectivity index (χ0n) is 18.9. The van der Waals surface area contributed by atoms with E-state index in [9.17, 15) is 4.79 Å². The third-order valence-corrected chi connectivity index (χ3v) is 12.7. The van der Waals surface area contributed by atoms with Gasteiger partial charge in [-0.05, 0) is 34.3 Å². The number of hydrogen-bond donors (Lipinski definition) is 1. The summed E-state index contributed by atoms with van der Waals surface area (Å²) in [5.41, 5.74) is 5.37. The second-order valence-electron chi connectivity index (χ2n) is 9.31. The van der Waals surface area contributed by atoms with E-state index >= 15 is 0 Å². The van der Waals surface area contributed by atoms with E-state index in [1.54, 1.807) is 28.6 Å². The maximum absolute atomic E-state index is 12.3. The molecule has 0 amide bonds. The van der Waals surface area contributed by atoms with Crippen LogP contribution in [0.3, 0.4) is 0 Å². The average molecular weight is 466 g/mol. The van der Waals surface area contributed by atoms with Gasteiger partial charge in [-0.2, -0.15) is 4.98 Å². The Labute approximate surface area is 195 Å². The first-order chi connectivity index (χ1) is 15.3. The van der Waals surface area contributed by atoms with E-state index in [1.165, 1.54) is 10.4 Å². The Morgan fingerprint density at radius 3 is 2.16 bits per heavy atom. The minimum absolute atomic E-state index is 0.0454. The van der Waals surface area contributed by atoms with Crippen molar-refractivity contribution in [3.05, 3.63) is 83.4 Å². The summed E-state index contributed by atoms with van der Waals surface area (Å²) in [6.45, 7) is 7.54. The molecule has 1 aliphatic heterocycles. The molecule has 0 bridgehead atoms. The summed E-state index contributed by atoms with van der Waals surface area (Å²) in [6.07, 6.45) is 3.68. The van der Waals surface area contributed by atoms with Crippen LogP contribution in [0.5, 0.6) is 0 Å². The molecule has 2 aromatic carbocycles. The molecule has 1 aromatic heterocycles. The minimum Gasteiger partial charge on any atom is -0.406 e. The number of benzene rings is 2. The van der Waals surface area contributed by atoms with E-state index in [4.69, 9.17) is 10.2 Å². The molecule has 7 heteroatoms.